The molecule has 0 saturated heterocycles. The van der Waals surface area contributed by atoms with E-state index in [1.54, 1.807) is 13.0 Å². The molecule has 0 aliphatic rings. The minimum absolute atomic E-state index is 0.136. The third kappa shape index (κ3) is 1.86. The number of aromatic hydroxyl groups is 2. The molecular formula is C15H16O2. The second-order valence-corrected chi connectivity index (χ2v) is 4.38. The van der Waals surface area contributed by atoms with Gasteiger partial charge in [-0.15, -0.1) is 0 Å². The fourth-order valence-corrected chi connectivity index (χ4v) is 2.07. The Morgan fingerprint density at radius 2 is 1.53 bits per heavy atom. The largest absolute Gasteiger partial charge is 0.508 e. The van der Waals surface area contributed by atoms with E-state index in [2.05, 4.69) is 0 Å². The Bertz CT molecular complexity index is 571. The predicted molar refractivity (Wildman–Crippen MR) is 69.4 cm³/mol. The molecule has 0 amide bonds. The number of phenolic OH excluding ortho intramolecular Hbond substituents is 2. The number of hydrogen-bond donors (Lipinski definition) is 2. The van der Waals surface area contributed by atoms with Gasteiger partial charge in [0, 0.05) is 11.1 Å². The predicted octanol–water partition coefficient (Wildman–Crippen LogP) is 3.69. The fourth-order valence-electron chi connectivity index (χ4n) is 2.07. The maximum Gasteiger partial charge on any atom is 0.130 e. The molecule has 0 aliphatic carbocycles. The van der Waals surface area contributed by atoms with Gasteiger partial charge in [0.15, 0.2) is 0 Å². The molecule has 0 radical (unpaired) electrons. The molecule has 0 bridgehead atoms. The molecule has 0 aromatic heterocycles. The van der Waals surface area contributed by atoms with Gasteiger partial charge in [-0.25, -0.2) is 0 Å². The Morgan fingerprint density at radius 3 is 2.18 bits per heavy atom. The third-order valence-electron chi connectivity index (χ3n) is 3.14. The summed E-state index contributed by atoms with van der Waals surface area (Å²) in [5.74, 6) is 0.300. The van der Waals surface area contributed by atoms with Crippen LogP contribution < -0.4 is 0 Å². The van der Waals surface area contributed by atoms with Crippen molar-refractivity contribution >= 4 is 0 Å². The van der Waals surface area contributed by atoms with Crippen molar-refractivity contribution < 1.29 is 10.2 Å². The summed E-state index contributed by atoms with van der Waals surface area (Å²) in [6, 6.07) is 9.60. The maximum absolute atomic E-state index is 10.2. The van der Waals surface area contributed by atoms with E-state index in [0.29, 0.717) is 5.56 Å². The van der Waals surface area contributed by atoms with Gasteiger partial charge in [-0.3, -0.25) is 0 Å². The van der Waals surface area contributed by atoms with Crippen molar-refractivity contribution in [1.29, 1.82) is 0 Å². The van der Waals surface area contributed by atoms with Crippen LogP contribution in [0.25, 0.3) is 11.1 Å². The van der Waals surface area contributed by atoms with Gasteiger partial charge in [-0.2, -0.15) is 0 Å². The Kier molecular flexibility index (Phi) is 2.80. The molecule has 17 heavy (non-hydrogen) atoms. The highest BCUT2D eigenvalue weighted by Gasteiger charge is 2.14. The molecule has 0 heterocycles. The van der Waals surface area contributed by atoms with E-state index in [9.17, 15) is 10.2 Å². The molecule has 2 heteroatoms. The summed E-state index contributed by atoms with van der Waals surface area (Å²) in [6.45, 7) is 5.61. The van der Waals surface area contributed by atoms with Crippen LogP contribution in [0.4, 0.5) is 0 Å². The van der Waals surface area contributed by atoms with Crippen molar-refractivity contribution in [2.24, 2.45) is 0 Å². The molecule has 0 aliphatic heterocycles. The summed E-state index contributed by atoms with van der Waals surface area (Å²) >= 11 is 0. The first-order valence-corrected chi connectivity index (χ1v) is 5.60. The maximum atomic E-state index is 10.2. The van der Waals surface area contributed by atoms with Crippen molar-refractivity contribution in [3.63, 3.8) is 0 Å². The van der Waals surface area contributed by atoms with E-state index in [1.807, 2.05) is 38.1 Å². The molecular weight excluding hydrogens is 212 g/mol. The van der Waals surface area contributed by atoms with Crippen LogP contribution >= 0.6 is 0 Å². The highest BCUT2D eigenvalue weighted by atomic mass is 16.3. The van der Waals surface area contributed by atoms with Gasteiger partial charge in [0.2, 0.25) is 0 Å². The average Bonchev–Trinajstić information content (AvgIpc) is 2.29. The van der Waals surface area contributed by atoms with Gasteiger partial charge in [0.25, 0.3) is 0 Å². The zero-order chi connectivity index (χ0) is 12.6. The van der Waals surface area contributed by atoms with Crippen LogP contribution in [0.1, 0.15) is 16.7 Å². The first-order chi connectivity index (χ1) is 8.02. The molecule has 0 unspecified atom stereocenters. The van der Waals surface area contributed by atoms with Crippen molar-refractivity contribution in [1.82, 2.24) is 0 Å². The summed E-state index contributed by atoms with van der Waals surface area (Å²) < 4.78 is 0. The van der Waals surface area contributed by atoms with Gasteiger partial charge in [-0.05, 0) is 43.5 Å². The molecule has 0 saturated carbocycles. The zero-order valence-electron chi connectivity index (χ0n) is 10.3. The van der Waals surface area contributed by atoms with Crippen molar-refractivity contribution in [3.8, 4) is 22.6 Å². The average molecular weight is 228 g/mol. The van der Waals surface area contributed by atoms with Gasteiger partial charge >= 0.3 is 0 Å². The van der Waals surface area contributed by atoms with Crippen LogP contribution in [0.5, 0.6) is 11.5 Å². The topological polar surface area (TPSA) is 40.5 Å². The van der Waals surface area contributed by atoms with Crippen LogP contribution in [0, 0.1) is 20.8 Å². The Morgan fingerprint density at radius 1 is 0.882 bits per heavy atom. The molecule has 2 N–H and O–H groups in total. The molecule has 2 aromatic carbocycles. The third-order valence-corrected chi connectivity index (χ3v) is 3.14. The normalized spacial score (nSPS) is 10.5. The zero-order valence-corrected chi connectivity index (χ0v) is 10.3. The van der Waals surface area contributed by atoms with Gasteiger partial charge in [0.1, 0.15) is 11.5 Å². The minimum atomic E-state index is 0.136. The molecule has 88 valence electrons. The summed E-state index contributed by atoms with van der Waals surface area (Å²) in [7, 11) is 0. The number of phenols is 2. The molecule has 0 spiro atoms. The van der Waals surface area contributed by atoms with Crippen molar-refractivity contribution in [3.05, 3.63) is 47.0 Å². The quantitative estimate of drug-likeness (QED) is 0.781. The summed E-state index contributed by atoms with van der Waals surface area (Å²) in [5, 5.41) is 19.8. The first-order valence-electron chi connectivity index (χ1n) is 5.60. The second kappa shape index (κ2) is 4.13. The van der Waals surface area contributed by atoms with Gasteiger partial charge in [-0.1, -0.05) is 24.3 Å². The van der Waals surface area contributed by atoms with Crippen LogP contribution in [-0.4, -0.2) is 10.2 Å². The summed E-state index contributed by atoms with van der Waals surface area (Å²) in [4.78, 5) is 0. The van der Waals surface area contributed by atoms with Crippen LogP contribution in [0.3, 0.4) is 0 Å². The second-order valence-electron chi connectivity index (χ2n) is 4.38. The molecule has 2 nitrogen and oxygen atoms in total. The lowest BCUT2D eigenvalue weighted by Crippen LogP contribution is -1.90. The Labute approximate surface area is 101 Å². The number of hydrogen-bond acceptors (Lipinski definition) is 2. The standard InChI is InChI=1S/C15H16O2/c1-9-6-4-5-7-12(9)14-10(2)8-13(16)11(3)15(14)17/h4-8,16-17H,1-3H3. The minimum Gasteiger partial charge on any atom is -0.508 e. The summed E-state index contributed by atoms with van der Waals surface area (Å²) in [6.07, 6.45) is 0. The fraction of sp³-hybridized carbons (Fsp3) is 0.200. The molecule has 2 aromatic rings. The molecule has 0 atom stereocenters. The Hall–Kier alpha value is -1.96. The smallest absolute Gasteiger partial charge is 0.130 e. The number of benzene rings is 2. The first kappa shape index (κ1) is 11.5. The van der Waals surface area contributed by atoms with Gasteiger partial charge < -0.3 is 10.2 Å². The van der Waals surface area contributed by atoms with Gasteiger partial charge in [0.05, 0.1) is 0 Å². The number of aryl methyl sites for hydroxylation is 2. The molecule has 2 rings (SSSR count). The SMILES string of the molecule is Cc1ccccc1-c1c(C)cc(O)c(C)c1O. The van der Waals surface area contributed by atoms with Crippen LogP contribution in [0.2, 0.25) is 0 Å². The highest BCUT2D eigenvalue weighted by molar-refractivity contribution is 5.78. The van der Waals surface area contributed by atoms with Crippen LogP contribution in [-0.2, 0) is 0 Å². The van der Waals surface area contributed by atoms with E-state index < -0.39 is 0 Å². The van der Waals surface area contributed by atoms with E-state index in [1.165, 1.54) is 0 Å². The van der Waals surface area contributed by atoms with Crippen LogP contribution in [0.15, 0.2) is 30.3 Å². The van der Waals surface area contributed by atoms with E-state index >= 15 is 0 Å². The molecule has 0 fully saturated rings. The lowest BCUT2D eigenvalue weighted by atomic mass is 9.93. The number of rotatable bonds is 1. The summed E-state index contributed by atoms with van der Waals surface area (Å²) in [5.41, 5.74) is 4.31. The van der Waals surface area contributed by atoms with Crippen molar-refractivity contribution in [2.75, 3.05) is 0 Å². The highest BCUT2D eigenvalue weighted by Crippen LogP contribution is 2.40. The van der Waals surface area contributed by atoms with E-state index in [0.717, 1.165) is 22.3 Å². The van der Waals surface area contributed by atoms with E-state index in [-0.39, 0.29) is 11.5 Å². The lowest BCUT2D eigenvalue weighted by molar-refractivity contribution is 0.444. The van der Waals surface area contributed by atoms with Crippen molar-refractivity contribution in [2.45, 2.75) is 20.8 Å². The Balaban J connectivity index is 2.77. The lowest BCUT2D eigenvalue weighted by Gasteiger charge is -2.14. The monoisotopic (exact) mass is 228 g/mol. The van der Waals surface area contributed by atoms with E-state index in [4.69, 9.17) is 0 Å².